The molecule has 0 aliphatic heterocycles. The molecule has 0 bridgehead atoms. The Balaban J connectivity index is 1.43. The first-order chi connectivity index (χ1) is 14.8. The molecule has 6 heteroatoms. The van der Waals surface area contributed by atoms with E-state index >= 15 is 0 Å². The van der Waals surface area contributed by atoms with Gasteiger partial charge in [0.25, 0.3) is 0 Å². The van der Waals surface area contributed by atoms with Gasteiger partial charge in [-0.2, -0.15) is 9.78 Å². The van der Waals surface area contributed by atoms with Crippen molar-refractivity contribution in [3.63, 3.8) is 0 Å². The highest BCUT2D eigenvalue weighted by Crippen LogP contribution is 2.22. The van der Waals surface area contributed by atoms with Gasteiger partial charge in [0.05, 0.1) is 6.21 Å². The van der Waals surface area contributed by atoms with Crippen LogP contribution in [0.5, 0.6) is 5.75 Å². The predicted octanol–water partition coefficient (Wildman–Crippen LogP) is 5.34. The molecule has 0 saturated heterocycles. The number of hydrogen-bond acceptors (Lipinski definition) is 5. The summed E-state index contributed by atoms with van der Waals surface area (Å²) in [4.78, 5) is 0. The number of aryl methyl sites for hydroxylation is 1. The highest BCUT2D eigenvalue weighted by atomic mass is 32.2. The molecule has 4 rings (SSSR count). The first kappa shape index (κ1) is 19.9. The van der Waals surface area contributed by atoms with Crippen LogP contribution >= 0.6 is 11.8 Å². The molecule has 0 radical (unpaired) electrons. The van der Waals surface area contributed by atoms with Crippen LogP contribution in [-0.2, 0) is 12.4 Å². The Morgan fingerprint density at radius 3 is 2.40 bits per heavy atom. The van der Waals surface area contributed by atoms with Gasteiger partial charge in [-0.15, -0.1) is 10.2 Å². The molecule has 0 saturated carbocycles. The highest BCUT2D eigenvalue weighted by Gasteiger charge is 2.08. The van der Waals surface area contributed by atoms with E-state index in [4.69, 9.17) is 4.74 Å². The lowest BCUT2D eigenvalue weighted by molar-refractivity contribution is 0.306. The lowest BCUT2D eigenvalue weighted by Crippen LogP contribution is -1.98. The second-order valence-electron chi connectivity index (χ2n) is 6.71. The molecule has 5 nitrogen and oxygen atoms in total. The zero-order valence-electron chi connectivity index (χ0n) is 16.7. The van der Waals surface area contributed by atoms with E-state index in [0.29, 0.717) is 6.61 Å². The van der Waals surface area contributed by atoms with E-state index in [1.165, 1.54) is 5.56 Å². The summed E-state index contributed by atoms with van der Waals surface area (Å²) in [5, 5.41) is 13.8. The van der Waals surface area contributed by atoms with Crippen molar-refractivity contribution in [2.24, 2.45) is 5.10 Å². The number of nitrogens with zero attached hydrogens (tertiary/aromatic N) is 4. The molecule has 4 aromatic rings. The SMILES string of the molecule is Cc1nnc(SCc2ccccc2)n1/N=C/c1cccc(OCc2ccccc2)c1. The summed E-state index contributed by atoms with van der Waals surface area (Å²) >= 11 is 1.62. The van der Waals surface area contributed by atoms with E-state index in [1.54, 1.807) is 22.7 Å². The summed E-state index contributed by atoms with van der Waals surface area (Å²) < 4.78 is 7.68. The van der Waals surface area contributed by atoms with Gasteiger partial charge in [0.1, 0.15) is 12.4 Å². The van der Waals surface area contributed by atoms with Gasteiger partial charge >= 0.3 is 0 Å². The second-order valence-corrected chi connectivity index (χ2v) is 7.65. The molecule has 0 unspecified atom stereocenters. The van der Waals surface area contributed by atoms with Crippen LogP contribution in [0.25, 0.3) is 0 Å². The lowest BCUT2D eigenvalue weighted by atomic mass is 10.2. The second kappa shape index (κ2) is 9.89. The molecule has 1 heterocycles. The zero-order chi connectivity index (χ0) is 20.6. The molecule has 0 spiro atoms. The van der Waals surface area contributed by atoms with Crippen LogP contribution in [0, 0.1) is 6.92 Å². The molecule has 0 aliphatic rings. The van der Waals surface area contributed by atoms with Crippen molar-refractivity contribution in [1.82, 2.24) is 14.9 Å². The Morgan fingerprint density at radius 2 is 1.63 bits per heavy atom. The number of aromatic nitrogens is 3. The molecule has 3 aromatic carbocycles. The minimum atomic E-state index is 0.534. The van der Waals surface area contributed by atoms with Crippen LogP contribution in [0.15, 0.2) is 95.2 Å². The van der Waals surface area contributed by atoms with Gasteiger partial charge in [-0.3, -0.25) is 0 Å². The molecule has 0 atom stereocenters. The molecular weight excluding hydrogens is 392 g/mol. The normalized spacial score (nSPS) is 11.1. The highest BCUT2D eigenvalue weighted by molar-refractivity contribution is 7.98. The van der Waals surface area contributed by atoms with Crippen molar-refractivity contribution in [1.29, 1.82) is 0 Å². The zero-order valence-corrected chi connectivity index (χ0v) is 17.5. The fraction of sp³-hybridized carbons (Fsp3) is 0.125. The maximum Gasteiger partial charge on any atom is 0.212 e. The number of thioether (sulfide) groups is 1. The smallest absolute Gasteiger partial charge is 0.212 e. The molecule has 0 aliphatic carbocycles. The largest absolute Gasteiger partial charge is 0.489 e. The standard InChI is InChI=1S/C24H22N4OS/c1-19-26-27-24(30-18-21-11-6-3-7-12-21)28(19)25-16-22-13-8-14-23(15-22)29-17-20-9-4-2-5-10-20/h2-16H,17-18H2,1H3/b25-16+. The lowest BCUT2D eigenvalue weighted by Gasteiger charge is -2.07. The third-order valence-electron chi connectivity index (χ3n) is 4.41. The van der Waals surface area contributed by atoms with Gasteiger partial charge in [0.2, 0.25) is 5.16 Å². The van der Waals surface area contributed by atoms with Gasteiger partial charge in [0, 0.05) is 5.75 Å². The molecule has 30 heavy (non-hydrogen) atoms. The Kier molecular flexibility index (Phi) is 6.57. The van der Waals surface area contributed by atoms with E-state index in [2.05, 4.69) is 39.6 Å². The van der Waals surface area contributed by atoms with E-state index in [-0.39, 0.29) is 0 Å². The van der Waals surface area contributed by atoms with E-state index in [9.17, 15) is 0 Å². The Labute approximate surface area is 180 Å². The summed E-state index contributed by atoms with van der Waals surface area (Å²) in [6.45, 7) is 2.43. The Morgan fingerprint density at radius 1 is 0.900 bits per heavy atom. The summed E-state index contributed by atoms with van der Waals surface area (Å²) in [5.74, 6) is 2.37. The van der Waals surface area contributed by atoms with Crippen molar-refractivity contribution in [3.8, 4) is 5.75 Å². The fourth-order valence-electron chi connectivity index (χ4n) is 2.83. The van der Waals surface area contributed by atoms with Gasteiger partial charge in [-0.1, -0.05) is 84.6 Å². The van der Waals surface area contributed by atoms with Crippen LogP contribution in [0.4, 0.5) is 0 Å². The van der Waals surface area contributed by atoms with Crippen LogP contribution in [0.3, 0.4) is 0 Å². The Bertz CT molecular complexity index is 1110. The molecule has 0 fully saturated rings. The average Bonchev–Trinajstić information content (AvgIpc) is 3.16. The molecule has 1 aromatic heterocycles. The minimum Gasteiger partial charge on any atom is -0.489 e. The number of hydrogen-bond donors (Lipinski definition) is 0. The summed E-state index contributed by atoms with van der Waals surface area (Å²) in [5.41, 5.74) is 3.33. The van der Waals surface area contributed by atoms with Gasteiger partial charge in [0.15, 0.2) is 5.82 Å². The summed E-state index contributed by atoms with van der Waals surface area (Å²) in [6.07, 6.45) is 1.80. The third kappa shape index (κ3) is 5.36. The van der Waals surface area contributed by atoms with Crippen molar-refractivity contribution in [2.45, 2.75) is 24.4 Å². The quantitative estimate of drug-likeness (QED) is 0.288. The van der Waals surface area contributed by atoms with Crippen LogP contribution in [0.1, 0.15) is 22.5 Å². The van der Waals surface area contributed by atoms with Gasteiger partial charge < -0.3 is 4.74 Å². The van der Waals surface area contributed by atoms with E-state index in [1.807, 2.05) is 67.6 Å². The number of rotatable bonds is 8. The fourth-order valence-corrected chi connectivity index (χ4v) is 3.72. The maximum absolute atomic E-state index is 5.91. The van der Waals surface area contributed by atoms with Crippen molar-refractivity contribution in [2.75, 3.05) is 0 Å². The predicted molar refractivity (Wildman–Crippen MR) is 121 cm³/mol. The van der Waals surface area contributed by atoms with Crippen molar-refractivity contribution in [3.05, 3.63) is 107 Å². The van der Waals surface area contributed by atoms with Crippen molar-refractivity contribution >= 4 is 18.0 Å². The molecule has 0 amide bonds. The first-order valence-corrected chi connectivity index (χ1v) is 10.7. The minimum absolute atomic E-state index is 0.534. The molecule has 150 valence electrons. The molecular formula is C24H22N4OS. The molecule has 0 N–H and O–H groups in total. The van der Waals surface area contributed by atoms with E-state index in [0.717, 1.165) is 33.6 Å². The topological polar surface area (TPSA) is 52.3 Å². The Hall–Kier alpha value is -3.38. The summed E-state index contributed by atoms with van der Waals surface area (Å²) in [6, 6.07) is 28.3. The monoisotopic (exact) mass is 414 g/mol. The average molecular weight is 415 g/mol. The first-order valence-electron chi connectivity index (χ1n) is 9.68. The van der Waals surface area contributed by atoms with Crippen LogP contribution in [-0.4, -0.2) is 21.1 Å². The van der Waals surface area contributed by atoms with Gasteiger partial charge in [-0.25, -0.2) is 0 Å². The number of benzene rings is 3. The number of ether oxygens (including phenoxy) is 1. The van der Waals surface area contributed by atoms with Crippen LogP contribution in [0.2, 0.25) is 0 Å². The third-order valence-corrected chi connectivity index (χ3v) is 5.40. The van der Waals surface area contributed by atoms with E-state index < -0.39 is 0 Å². The van der Waals surface area contributed by atoms with Crippen LogP contribution < -0.4 is 4.74 Å². The maximum atomic E-state index is 5.91. The van der Waals surface area contributed by atoms with Gasteiger partial charge in [-0.05, 0) is 35.7 Å². The van der Waals surface area contributed by atoms with Crippen molar-refractivity contribution < 1.29 is 4.74 Å². The summed E-state index contributed by atoms with van der Waals surface area (Å²) in [7, 11) is 0.